The average Bonchev–Trinajstić information content (AvgIpc) is 3.01. The van der Waals surface area contributed by atoms with Crippen LogP contribution in [0.4, 0.5) is 0 Å². The van der Waals surface area contributed by atoms with Gasteiger partial charge < -0.3 is 9.84 Å². The topological polar surface area (TPSA) is 45.6 Å². The van der Waals surface area contributed by atoms with E-state index >= 15 is 0 Å². The third-order valence-electron chi connectivity index (χ3n) is 4.53. The quantitative estimate of drug-likeness (QED) is 0.847. The van der Waals surface area contributed by atoms with Crippen LogP contribution in [-0.2, 0) is 13.2 Å². The number of pyridine rings is 1. The highest BCUT2D eigenvalue weighted by atomic mass is 16.5. The summed E-state index contributed by atoms with van der Waals surface area (Å²) in [7, 11) is 0. The maximum Gasteiger partial charge on any atom is 0.130 e. The molecule has 24 heavy (non-hydrogen) atoms. The molecule has 1 aromatic heterocycles. The summed E-state index contributed by atoms with van der Waals surface area (Å²) >= 11 is 0. The molecule has 1 saturated heterocycles. The van der Waals surface area contributed by atoms with Crippen molar-refractivity contribution in [3.05, 3.63) is 59.9 Å². The molecule has 1 aliphatic heterocycles. The van der Waals surface area contributed by atoms with Gasteiger partial charge in [-0.25, -0.2) is 0 Å². The van der Waals surface area contributed by atoms with E-state index in [0.717, 1.165) is 31.0 Å². The van der Waals surface area contributed by atoms with Crippen LogP contribution in [0.1, 0.15) is 37.4 Å². The van der Waals surface area contributed by atoms with Crippen molar-refractivity contribution in [1.29, 1.82) is 0 Å². The normalized spacial score (nSPS) is 19.3. The van der Waals surface area contributed by atoms with Crippen LogP contribution in [0.15, 0.2) is 48.7 Å². The smallest absolute Gasteiger partial charge is 0.130 e. The lowest BCUT2D eigenvalue weighted by atomic mass is 10.1. The van der Waals surface area contributed by atoms with Gasteiger partial charge in [0.1, 0.15) is 12.4 Å². The molecule has 3 rings (SSSR count). The van der Waals surface area contributed by atoms with Gasteiger partial charge in [0.25, 0.3) is 0 Å². The lowest BCUT2D eigenvalue weighted by Crippen LogP contribution is -2.31. The van der Waals surface area contributed by atoms with Gasteiger partial charge in [-0.05, 0) is 62.6 Å². The van der Waals surface area contributed by atoms with Crippen molar-refractivity contribution < 1.29 is 9.84 Å². The van der Waals surface area contributed by atoms with E-state index in [1.165, 1.54) is 18.4 Å². The highest BCUT2D eigenvalue weighted by Gasteiger charge is 2.25. The Morgan fingerprint density at radius 2 is 2.08 bits per heavy atom. The molecule has 0 bridgehead atoms. The minimum atomic E-state index is -0.224. The Bertz CT molecular complexity index is 613. The molecule has 0 aliphatic carbocycles. The molecule has 1 N–H and O–H groups in total. The molecule has 128 valence electrons. The second-order valence-electron chi connectivity index (χ2n) is 6.60. The molecule has 0 spiro atoms. The molecule has 1 aromatic carbocycles. The summed E-state index contributed by atoms with van der Waals surface area (Å²) in [6.07, 6.45) is 4.84. The van der Waals surface area contributed by atoms with Gasteiger partial charge in [-0.15, -0.1) is 0 Å². The van der Waals surface area contributed by atoms with Gasteiger partial charge in [0.2, 0.25) is 0 Å². The molecule has 1 aliphatic rings. The number of nitrogens with zero attached hydrogens (tertiary/aromatic N) is 2. The first-order valence-electron chi connectivity index (χ1n) is 8.74. The SMILES string of the molecule is CC(O)CC1CCCN1Cc1ccc(OCc2ccccn2)cc1. The van der Waals surface area contributed by atoms with E-state index < -0.39 is 0 Å². The number of aromatic nitrogens is 1. The molecule has 2 atom stereocenters. The van der Waals surface area contributed by atoms with E-state index in [9.17, 15) is 5.11 Å². The Labute approximate surface area is 144 Å². The number of benzene rings is 1. The lowest BCUT2D eigenvalue weighted by molar-refractivity contribution is 0.131. The van der Waals surface area contributed by atoms with E-state index in [2.05, 4.69) is 22.0 Å². The zero-order valence-corrected chi connectivity index (χ0v) is 14.3. The Kier molecular flexibility index (Phi) is 5.83. The molecule has 4 heteroatoms. The number of likely N-dealkylation sites (tertiary alicyclic amines) is 1. The van der Waals surface area contributed by atoms with Crippen LogP contribution in [0, 0.1) is 0 Å². The Morgan fingerprint density at radius 3 is 2.79 bits per heavy atom. The van der Waals surface area contributed by atoms with Crippen molar-refractivity contribution >= 4 is 0 Å². The summed E-state index contributed by atoms with van der Waals surface area (Å²) in [6, 6.07) is 14.7. The number of hydrogen-bond donors (Lipinski definition) is 1. The Morgan fingerprint density at radius 1 is 1.25 bits per heavy atom. The van der Waals surface area contributed by atoms with Crippen molar-refractivity contribution in [2.24, 2.45) is 0 Å². The van der Waals surface area contributed by atoms with Crippen LogP contribution in [0.2, 0.25) is 0 Å². The van der Waals surface area contributed by atoms with Gasteiger partial charge in [0.05, 0.1) is 11.8 Å². The fraction of sp³-hybridized carbons (Fsp3) is 0.450. The van der Waals surface area contributed by atoms with E-state index in [1.807, 2.05) is 37.3 Å². The first kappa shape index (κ1) is 16.9. The summed E-state index contributed by atoms with van der Waals surface area (Å²) in [5.74, 6) is 0.867. The van der Waals surface area contributed by atoms with Gasteiger partial charge in [-0.3, -0.25) is 9.88 Å². The molecule has 0 radical (unpaired) electrons. The number of ether oxygens (including phenoxy) is 1. The fourth-order valence-electron chi connectivity index (χ4n) is 3.33. The fourth-order valence-corrected chi connectivity index (χ4v) is 3.33. The number of rotatable bonds is 7. The first-order valence-corrected chi connectivity index (χ1v) is 8.74. The number of aliphatic hydroxyl groups excluding tert-OH is 1. The lowest BCUT2D eigenvalue weighted by Gasteiger charge is -2.25. The van der Waals surface area contributed by atoms with Crippen molar-refractivity contribution in [3.8, 4) is 5.75 Å². The summed E-state index contributed by atoms with van der Waals surface area (Å²) in [5, 5.41) is 9.64. The maximum absolute atomic E-state index is 9.64. The van der Waals surface area contributed by atoms with E-state index in [1.54, 1.807) is 6.20 Å². The van der Waals surface area contributed by atoms with Crippen molar-refractivity contribution in [2.75, 3.05) is 6.54 Å². The second kappa shape index (κ2) is 8.27. The summed E-state index contributed by atoms with van der Waals surface area (Å²) < 4.78 is 5.78. The molecule has 0 saturated carbocycles. The molecule has 0 amide bonds. The van der Waals surface area contributed by atoms with Crippen LogP contribution in [-0.4, -0.2) is 33.7 Å². The predicted octanol–water partition coefficient (Wildman–Crippen LogP) is 3.40. The van der Waals surface area contributed by atoms with Crippen LogP contribution >= 0.6 is 0 Å². The van der Waals surface area contributed by atoms with Crippen LogP contribution < -0.4 is 4.74 Å². The summed E-state index contributed by atoms with van der Waals surface area (Å²) in [4.78, 5) is 6.74. The van der Waals surface area contributed by atoms with Crippen molar-refractivity contribution in [1.82, 2.24) is 9.88 Å². The highest BCUT2D eigenvalue weighted by Crippen LogP contribution is 2.24. The zero-order chi connectivity index (χ0) is 16.8. The summed E-state index contributed by atoms with van der Waals surface area (Å²) in [5.41, 5.74) is 2.22. The molecule has 2 heterocycles. The Balaban J connectivity index is 1.52. The third-order valence-corrected chi connectivity index (χ3v) is 4.53. The Hall–Kier alpha value is -1.91. The third kappa shape index (κ3) is 4.79. The van der Waals surface area contributed by atoms with Gasteiger partial charge >= 0.3 is 0 Å². The van der Waals surface area contributed by atoms with Crippen molar-refractivity contribution in [3.63, 3.8) is 0 Å². The molecule has 2 unspecified atom stereocenters. The molecule has 4 nitrogen and oxygen atoms in total. The number of aliphatic hydroxyl groups is 1. The molecular weight excluding hydrogens is 300 g/mol. The second-order valence-corrected chi connectivity index (χ2v) is 6.60. The minimum Gasteiger partial charge on any atom is -0.487 e. The first-order chi connectivity index (χ1) is 11.7. The van der Waals surface area contributed by atoms with Crippen LogP contribution in [0.25, 0.3) is 0 Å². The largest absolute Gasteiger partial charge is 0.487 e. The average molecular weight is 326 g/mol. The van der Waals surface area contributed by atoms with E-state index in [-0.39, 0.29) is 6.10 Å². The van der Waals surface area contributed by atoms with Gasteiger partial charge in [0, 0.05) is 18.8 Å². The number of hydrogen-bond acceptors (Lipinski definition) is 4. The van der Waals surface area contributed by atoms with E-state index in [0.29, 0.717) is 12.6 Å². The van der Waals surface area contributed by atoms with Crippen LogP contribution in [0.5, 0.6) is 5.75 Å². The van der Waals surface area contributed by atoms with Crippen molar-refractivity contribution in [2.45, 2.75) is 51.5 Å². The molecule has 1 fully saturated rings. The van der Waals surface area contributed by atoms with E-state index in [4.69, 9.17) is 4.74 Å². The predicted molar refractivity (Wildman–Crippen MR) is 94.7 cm³/mol. The monoisotopic (exact) mass is 326 g/mol. The molecular formula is C20H26N2O2. The summed E-state index contributed by atoms with van der Waals surface area (Å²) in [6.45, 7) is 4.43. The van der Waals surface area contributed by atoms with Gasteiger partial charge in [0.15, 0.2) is 0 Å². The van der Waals surface area contributed by atoms with Gasteiger partial charge in [-0.1, -0.05) is 18.2 Å². The minimum absolute atomic E-state index is 0.224. The highest BCUT2D eigenvalue weighted by molar-refractivity contribution is 5.27. The van der Waals surface area contributed by atoms with Crippen LogP contribution in [0.3, 0.4) is 0 Å². The maximum atomic E-state index is 9.64. The molecule has 2 aromatic rings. The zero-order valence-electron chi connectivity index (χ0n) is 14.3. The van der Waals surface area contributed by atoms with Gasteiger partial charge in [-0.2, -0.15) is 0 Å². The standard InChI is InChI=1S/C20H26N2O2/c1-16(23)13-19-6-4-12-22(19)14-17-7-9-20(10-8-17)24-15-18-5-2-3-11-21-18/h2-3,5,7-11,16,19,23H,4,6,12-15H2,1H3.